The van der Waals surface area contributed by atoms with Crippen LogP contribution in [0.15, 0.2) is 36.7 Å². The molecule has 0 radical (unpaired) electrons. The Bertz CT molecular complexity index is 1020. The number of nitrogens with zero attached hydrogens (tertiary/aromatic N) is 4. The lowest BCUT2D eigenvalue weighted by molar-refractivity contribution is 0.0817. The van der Waals surface area contributed by atoms with E-state index in [9.17, 15) is 0 Å². The number of H-pyrrole nitrogens is 1. The van der Waals surface area contributed by atoms with Crippen molar-refractivity contribution in [1.29, 1.82) is 0 Å². The van der Waals surface area contributed by atoms with Crippen molar-refractivity contribution in [3.8, 4) is 11.3 Å². The van der Waals surface area contributed by atoms with Crippen LogP contribution in [0, 0.1) is 0 Å². The Morgan fingerprint density at radius 2 is 2.16 bits per heavy atom. The monoisotopic (exact) mass is 336 g/mol. The minimum absolute atomic E-state index is 0.126. The molecule has 0 aliphatic carbocycles. The van der Waals surface area contributed by atoms with Crippen LogP contribution in [-0.4, -0.2) is 38.2 Å². The average molecular weight is 336 g/mol. The number of aromatic amines is 1. The van der Waals surface area contributed by atoms with Gasteiger partial charge in [-0.2, -0.15) is 10.2 Å². The van der Waals surface area contributed by atoms with Crippen LogP contribution in [-0.2, 0) is 11.3 Å². The third-order valence-corrected chi connectivity index (χ3v) is 4.51. The maximum Gasteiger partial charge on any atom is 0.135 e. The van der Waals surface area contributed by atoms with E-state index in [2.05, 4.69) is 22.1 Å². The number of hydrogen-bond donors (Lipinski definition) is 2. The molecule has 3 N–H and O–H groups in total. The number of methoxy groups -OCH3 is 1. The Hall–Kier alpha value is -2.93. The van der Waals surface area contributed by atoms with Crippen molar-refractivity contribution in [1.82, 2.24) is 25.0 Å². The second-order valence-corrected chi connectivity index (χ2v) is 6.07. The largest absolute Gasteiger partial charge is 0.383 e. The van der Waals surface area contributed by atoms with Crippen LogP contribution in [0.3, 0.4) is 0 Å². The minimum Gasteiger partial charge on any atom is -0.383 e. The van der Waals surface area contributed by atoms with Gasteiger partial charge in [0.25, 0.3) is 0 Å². The zero-order valence-corrected chi connectivity index (χ0v) is 14.2. The highest BCUT2D eigenvalue weighted by Crippen LogP contribution is 2.29. The molecule has 7 heteroatoms. The molecular weight excluding hydrogens is 316 g/mol. The van der Waals surface area contributed by atoms with Crippen molar-refractivity contribution in [2.24, 2.45) is 0 Å². The third kappa shape index (κ3) is 2.72. The first-order chi connectivity index (χ1) is 12.2. The molecule has 0 fully saturated rings. The number of hydrogen-bond acceptors (Lipinski definition) is 5. The fraction of sp³-hybridized carbons (Fsp3) is 0.278. The van der Waals surface area contributed by atoms with Crippen molar-refractivity contribution < 1.29 is 4.74 Å². The summed E-state index contributed by atoms with van der Waals surface area (Å²) in [5, 5.41) is 13.6. The van der Waals surface area contributed by atoms with Crippen LogP contribution in [0.5, 0.6) is 0 Å². The molecule has 0 saturated heterocycles. The summed E-state index contributed by atoms with van der Waals surface area (Å²) in [7, 11) is 1.72. The molecule has 128 valence electrons. The van der Waals surface area contributed by atoms with E-state index in [-0.39, 0.29) is 6.10 Å². The van der Waals surface area contributed by atoms with E-state index >= 15 is 0 Å². The molecular formula is C18H20N6O. The molecule has 0 aliphatic rings. The van der Waals surface area contributed by atoms with Crippen molar-refractivity contribution in [3.05, 3.63) is 36.7 Å². The van der Waals surface area contributed by atoms with E-state index in [4.69, 9.17) is 15.6 Å². The quantitative estimate of drug-likeness (QED) is 0.584. The van der Waals surface area contributed by atoms with Crippen molar-refractivity contribution in [2.75, 3.05) is 12.8 Å². The van der Waals surface area contributed by atoms with E-state index in [1.165, 1.54) is 0 Å². The zero-order chi connectivity index (χ0) is 17.4. The fourth-order valence-electron chi connectivity index (χ4n) is 3.07. The van der Waals surface area contributed by atoms with Crippen LogP contribution in [0.4, 0.5) is 5.82 Å². The molecule has 3 aromatic heterocycles. The van der Waals surface area contributed by atoms with Gasteiger partial charge in [-0.05, 0) is 24.6 Å². The Kier molecular flexibility index (Phi) is 3.85. The Labute approximate surface area is 144 Å². The SMILES string of the molecule is CCC(Cn1cc2c(N)nc3cc(-c4cc[nH]n4)ccc3c2n1)OC. The summed E-state index contributed by atoms with van der Waals surface area (Å²) < 4.78 is 7.35. The zero-order valence-electron chi connectivity index (χ0n) is 14.2. The molecule has 0 aliphatic heterocycles. The first kappa shape index (κ1) is 15.6. The maximum atomic E-state index is 6.18. The molecule has 0 amide bonds. The van der Waals surface area contributed by atoms with E-state index in [0.29, 0.717) is 12.4 Å². The molecule has 25 heavy (non-hydrogen) atoms. The van der Waals surface area contributed by atoms with E-state index < -0.39 is 0 Å². The summed E-state index contributed by atoms with van der Waals surface area (Å²) in [6, 6.07) is 7.97. The molecule has 1 aromatic carbocycles. The van der Waals surface area contributed by atoms with Crippen LogP contribution in [0.1, 0.15) is 13.3 Å². The molecule has 0 saturated carbocycles. The number of pyridine rings is 1. The topological polar surface area (TPSA) is 94.6 Å². The average Bonchev–Trinajstić information content (AvgIpc) is 3.29. The number of nitrogens with one attached hydrogen (secondary N) is 1. The summed E-state index contributed by atoms with van der Waals surface area (Å²) >= 11 is 0. The molecule has 7 nitrogen and oxygen atoms in total. The second kappa shape index (κ2) is 6.18. The molecule has 0 spiro atoms. The van der Waals surface area contributed by atoms with Crippen LogP contribution in [0.25, 0.3) is 33.1 Å². The van der Waals surface area contributed by atoms with Gasteiger partial charge in [0.05, 0.1) is 29.2 Å². The molecule has 3 heterocycles. The normalized spacial score (nSPS) is 12.9. The second-order valence-electron chi connectivity index (χ2n) is 6.07. The van der Waals surface area contributed by atoms with Gasteiger partial charge in [0.15, 0.2) is 0 Å². The number of nitrogen functional groups attached to an aromatic ring is 1. The van der Waals surface area contributed by atoms with Crippen molar-refractivity contribution >= 4 is 27.6 Å². The summed E-state index contributed by atoms with van der Waals surface area (Å²) in [6.45, 7) is 2.78. The van der Waals surface area contributed by atoms with Crippen molar-refractivity contribution in [3.63, 3.8) is 0 Å². The van der Waals surface area contributed by atoms with E-state index in [1.54, 1.807) is 13.3 Å². The van der Waals surface area contributed by atoms with Gasteiger partial charge in [0.1, 0.15) is 11.3 Å². The molecule has 4 aromatic rings. The maximum absolute atomic E-state index is 6.18. The minimum atomic E-state index is 0.126. The van der Waals surface area contributed by atoms with E-state index in [0.717, 1.165) is 39.5 Å². The van der Waals surface area contributed by atoms with Gasteiger partial charge < -0.3 is 10.5 Å². The summed E-state index contributed by atoms with van der Waals surface area (Å²) in [6.07, 6.45) is 4.79. The predicted molar refractivity (Wildman–Crippen MR) is 98.1 cm³/mol. The number of anilines is 1. The first-order valence-corrected chi connectivity index (χ1v) is 8.29. The highest BCUT2D eigenvalue weighted by molar-refractivity contribution is 6.08. The van der Waals surface area contributed by atoms with Crippen LogP contribution < -0.4 is 5.73 Å². The molecule has 1 atom stereocenters. The first-order valence-electron chi connectivity index (χ1n) is 8.29. The Morgan fingerprint density at radius 1 is 1.28 bits per heavy atom. The van der Waals surface area contributed by atoms with Crippen LogP contribution >= 0.6 is 0 Å². The smallest absolute Gasteiger partial charge is 0.135 e. The number of benzene rings is 1. The van der Waals surface area contributed by atoms with Gasteiger partial charge in [0.2, 0.25) is 0 Å². The third-order valence-electron chi connectivity index (χ3n) is 4.51. The van der Waals surface area contributed by atoms with Gasteiger partial charge in [-0.15, -0.1) is 0 Å². The van der Waals surface area contributed by atoms with Gasteiger partial charge in [-0.25, -0.2) is 4.98 Å². The van der Waals surface area contributed by atoms with Gasteiger partial charge in [0, 0.05) is 30.5 Å². The lowest BCUT2D eigenvalue weighted by atomic mass is 10.1. The predicted octanol–water partition coefficient (Wildman–Crippen LogP) is 2.98. The molecule has 0 bridgehead atoms. The summed E-state index contributed by atoms with van der Waals surface area (Å²) in [4.78, 5) is 4.56. The summed E-state index contributed by atoms with van der Waals surface area (Å²) in [5.74, 6) is 0.485. The highest BCUT2D eigenvalue weighted by atomic mass is 16.5. The number of rotatable bonds is 5. The van der Waals surface area contributed by atoms with Gasteiger partial charge in [-0.3, -0.25) is 9.78 Å². The standard InChI is InChI=1S/C18H20N6O/c1-3-12(25-2)9-24-10-14-17(23-24)13-5-4-11(15-6-7-20-22-15)8-16(13)21-18(14)19/h4-8,10,12H,3,9H2,1-2H3,(H2,19,21)(H,20,22). The van der Waals surface area contributed by atoms with Crippen molar-refractivity contribution in [2.45, 2.75) is 26.0 Å². The fourth-order valence-corrected chi connectivity index (χ4v) is 3.07. The number of aromatic nitrogens is 5. The summed E-state index contributed by atoms with van der Waals surface area (Å²) in [5.41, 5.74) is 9.72. The number of ether oxygens (including phenoxy) is 1. The lowest BCUT2D eigenvalue weighted by Gasteiger charge is -2.12. The van der Waals surface area contributed by atoms with E-state index in [1.807, 2.05) is 35.1 Å². The van der Waals surface area contributed by atoms with Gasteiger partial charge in [-0.1, -0.05) is 13.0 Å². The molecule has 1 unspecified atom stereocenters. The lowest BCUT2D eigenvalue weighted by Crippen LogP contribution is -2.17. The Balaban J connectivity index is 1.84. The highest BCUT2D eigenvalue weighted by Gasteiger charge is 2.14. The van der Waals surface area contributed by atoms with Gasteiger partial charge >= 0.3 is 0 Å². The van der Waals surface area contributed by atoms with Crippen LogP contribution in [0.2, 0.25) is 0 Å². The number of fused-ring (bicyclic) bond motifs is 3. The number of nitrogens with two attached hydrogens (primary N) is 1. The molecule has 4 rings (SSSR count). The Morgan fingerprint density at radius 3 is 2.88 bits per heavy atom.